The van der Waals surface area contributed by atoms with Crippen LogP contribution >= 0.6 is 0 Å². The second kappa shape index (κ2) is 8.09. The number of carbonyl (C=O) groups is 5. The Labute approximate surface area is 160 Å². The van der Waals surface area contributed by atoms with Crippen LogP contribution in [-0.4, -0.2) is 60.9 Å². The van der Waals surface area contributed by atoms with Crippen LogP contribution in [0.25, 0.3) is 0 Å². The van der Waals surface area contributed by atoms with Crippen LogP contribution in [0.15, 0.2) is 12.7 Å². The average molecular weight is 396 g/mol. The first-order valence-corrected chi connectivity index (χ1v) is 8.89. The molecule has 152 valence electrons. The Hall–Kier alpha value is -2.75. The van der Waals surface area contributed by atoms with Gasteiger partial charge >= 0.3 is 23.9 Å². The number of cyclic esters (lactones) is 1. The predicted molar refractivity (Wildman–Crippen MR) is 87.2 cm³/mol. The van der Waals surface area contributed by atoms with Crippen LogP contribution in [0.5, 0.6) is 0 Å². The smallest absolute Gasteiger partial charge is 0.346 e. The van der Waals surface area contributed by atoms with Crippen molar-refractivity contribution in [2.75, 3.05) is 6.61 Å². The van der Waals surface area contributed by atoms with E-state index in [1.54, 1.807) is 6.92 Å². The van der Waals surface area contributed by atoms with E-state index in [9.17, 15) is 24.0 Å². The molecule has 3 aliphatic rings. The topological polar surface area (TPSA) is 132 Å². The van der Waals surface area contributed by atoms with Gasteiger partial charge < -0.3 is 23.7 Å². The zero-order valence-corrected chi connectivity index (χ0v) is 15.2. The number of Topliss-reactive ketones (excluding diaryl/α,β-unsaturated/α-hetero) is 1. The van der Waals surface area contributed by atoms with Crippen molar-refractivity contribution in [1.29, 1.82) is 0 Å². The largest absolute Gasteiger partial charge is 0.460 e. The molecular formula is C18H20O10. The van der Waals surface area contributed by atoms with Gasteiger partial charge in [0.1, 0.15) is 24.0 Å². The molecule has 2 saturated heterocycles. The lowest BCUT2D eigenvalue weighted by molar-refractivity contribution is -0.200. The van der Waals surface area contributed by atoms with Crippen molar-refractivity contribution in [1.82, 2.24) is 0 Å². The number of fused-ring (bicyclic) bond motifs is 1. The normalized spacial score (nSPS) is 33.8. The SMILES string of the molecule is C=CC(=O)OCC(=O)OC1OC2C(C)OC(=O)C2C1C(=O)OC1CCCC1=O. The van der Waals surface area contributed by atoms with E-state index in [2.05, 4.69) is 11.3 Å². The number of ketones is 1. The molecule has 1 aliphatic carbocycles. The van der Waals surface area contributed by atoms with E-state index in [4.69, 9.17) is 18.9 Å². The summed E-state index contributed by atoms with van der Waals surface area (Å²) in [5.41, 5.74) is 0. The van der Waals surface area contributed by atoms with Crippen molar-refractivity contribution in [3.05, 3.63) is 12.7 Å². The van der Waals surface area contributed by atoms with Crippen molar-refractivity contribution < 1.29 is 47.7 Å². The average Bonchev–Trinajstić information content (AvgIpc) is 3.30. The Morgan fingerprint density at radius 3 is 2.64 bits per heavy atom. The van der Waals surface area contributed by atoms with Crippen LogP contribution < -0.4 is 0 Å². The number of ether oxygens (including phenoxy) is 5. The number of hydrogen-bond acceptors (Lipinski definition) is 10. The van der Waals surface area contributed by atoms with Gasteiger partial charge in [-0.2, -0.15) is 0 Å². The van der Waals surface area contributed by atoms with Gasteiger partial charge in [0.2, 0.25) is 6.29 Å². The summed E-state index contributed by atoms with van der Waals surface area (Å²) in [5.74, 6) is -5.85. The highest BCUT2D eigenvalue weighted by molar-refractivity contribution is 5.90. The van der Waals surface area contributed by atoms with E-state index in [1.807, 2.05) is 0 Å². The van der Waals surface area contributed by atoms with E-state index in [-0.39, 0.29) is 5.78 Å². The Kier molecular flexibility index (Phi) is 5.78. The molecule has 10 nitrogen and oxygen atoms in total. The van der Waals surface area contributed by atoms with E-state index >= 15 is 0 Å². The first-order chi connectivity index (χ1) is 13.3. The molecule has 3 rings (SSSR count). The highest BCUT2D eigenvalue weighted by Crippen LogP contribution is 2.42. The van der Waals surface area contributed by atoms with Crippen molar-refractivity contribution >= 4 is 29.7 Å². The van der Waals surface area contributed by atoms with Gasteiger partial charge in [-0.1, -0.05) is 6.58 Å². The molecule has 0 aromatic heterocycles. The van der Waals surface area contributed by atoms with E-state index in [0.717, 1.165) is 6.08 Å². The van der Waals surface area contributed by atoms with Crippen LogP contribution in [0.2, 0.25) is 0 Å². The third kappa shape index (κ3) is 3.91. The molecule has 2 aliphatic heterocycles. The molecule has 0 aromatic carbocycles. The molecule has 0 N–H and O–H groups in total. The maximum absolute atomic E-state index is 12.7. The van der Waals surface area contributed by atoms with Crippen LogP contribution in [0.4, 0.5) is 0 Å². The lowest BCUT2D eigenvalue weighted by atomic mass is 9.90. The fourth-order valence-corrected chi connectivity index (χ4v) is 3.55. The van der Waals surface area contributed by atoms with E-state index in [1.165, 1.54) is 0 Å². The maximum atomic E-state index is 12.7. The predicted octanol–water partition coefficient (Wildman–Crippen LogP) is -0.174. The number of rotatable bonds is 6. The Balaban J connectivity index is 1.71. The van der Waals surface area contributed by atoms with Crippen molar-refractivity contribution in [2.45, 2.75) is 50.8 Å². The summed E-state index contributed by atoms with van der Waals surface area (Å²) in [6.45, 7) is 4.06. The molecule has 0 spiro atoms. The lowest BCUT2D eigenvalue weighted by Crippen LogP contribution is -2.39. The molecule has 2 heterocycles. The minimum absolute atomic E-state index is 0.198. The Bertz CT molecular complexity index is 713. The third-order valence-corrected chi connectivity index (χ3v) is 4.89. The first-order valence-electron chi connectivity index (χ1n) is 8.89. The highest BCUT2D eigenvalue weighted by atomic mass is 16.7. The van der Waals surface area contributed by atoms with Gasteiger partial charge in [0.05, 0.1) is 0 Å². The minimum Gasteiger partial charge on any atom is -0.460 e. The second-order valence-corrected chi connectivity index (χ2v) is 6.75. The monoisotopic (exact) mass is 396 g/mol. The van der Waals surface area contributed by atoms with Gasteiger partial charge in [0, 0.05) is 12.5 Å². The number of hydrogen-bond donors (Lipinski definition) is 0. The number of carbonyl (C=O) groups excluding carboxylic acids is 5. The van der Waals surface area contributed by atoms with Crippen LogP contribution in [0, 0.1) is 11.8 Å². The van der Waals surface area contributed by atoms with E-state index in [0.29, 0.717) is 19.3 Å². The molecular weight excluding hydrogens is 376 g/mol. The summed E-state index contributed by atoms with van der Waals surface area (Å²) in [6, 6.07) is 0. The maximum Gasteiger partial charge on any atom is 0.346 e. The highest BCUT2D eigenvalue weighted by Gasteiger charge is 2.61. The number of esters is 4. The van der Waals surface area contributed by atoms with Crippen LogP contribution in [0.1, 0.15) is 26.2 Å². The summed E-state index contributed by atoms with van der Waals surface area (Å²) in [7, 11) is 0. The zero-order chi connectivity index (χ0) is 20.4. The summed E-state index contributed by atoms with van der Waals surface area (Å²) in [5, 5.41) is 0. The third-order valence-electron chi connectivity index (χ3n) is 4.89. The zero-order valence-electron chi connectivity index (χ0n) is 15.2. The van der Waals surface area contributed by atoms with Gasteiger partial charge in [-0.25, -0.2) is 9.59 Å². The summed E-state index contributed by atoms with van der Waals surface area (Å²) in [6.07, 6.45) is -1.57. The van der Waals surface area contributed by atoms with Gasteiger partial charge in [-0.15, -0.1) is 0 Å². The molecule has 0 aromatic rings. The molecule has 3 fully saturated rings. The fourth-order valence-electron chi connectivity index (χ4n) is 3.55. The van der Waals surface area contributed by atoms with Gasteiger partial charge in [0.25, 0.3) is 0 Å². The van der Waals surface area contributed by atoms with Crippen molar-refractivity contribution in [2.24, 2.45) is 11.8 Å². The van der Waals surface area contributed by atoms with Gasteiger partial charge in [-0.05, 0) is 19.8 Å². The molecule has 0 amide bonds. The van der Waals surface area contributed by atoms with Crippen molar-refractivity contribution in [3.8, 4) is 0 Å². The Morgan fingerprint density at radius 1 is 1.25 bits per heavy atom. The Morgan fingerprint density at radius 2 is 2.00 bits per heavy atom. The van der Waals surface area contributed by atoms with Crippen molar-refractivity contribution in [3.63, 3.8) is 0 Å². The summed E-state index contributed by atoms with van der Waals surface area (Å²) < 4.78 is 25.6. The van der Waals surface area contributed by atoms with Gasteiger partial charge in [-0.3, -0.25) is 14.4 Å². The molecule has 6 unspecified atom stereocenters. The quantitative estimate of drug-likeness (QED) is 0.338. The molecule has 0 bridgehead atoms. The second-order valence-electron chi connectivity index (χ2n) is 6.75. The van der Waals surface area contributed by atoms with Gasteiger partial charge in [0.15, 0.2) is 18.5 Å². The summed E-state index contributed by atoms with van der Waals surface area (Å²) >= 11 is 0. The molecule has 10 heteroatoms. The standard InChI is InChI=1S/C18H20O10/c1-3-11(20)24-7-12(21)27-18-14(13-15(28-18)8(2)25-16(13)22)17(23)26-10-6-4-5-9(10)19/h3,8,10,13-15,18H,1,4-7H2,2H3. The fraction of sp³-hybridized carbons (Fsp3) is 0.611. The molecule has 28 heavy (non-hydrogen) atoms. The van der Waals surface area contributed by atoms with Crippen LogP contribution in [0.3, 0.4) is 0 Å². The lowest BCUT2D eigenvalue weighted by Gasteiger charge is -2.22. The first kappa shape index (κ1) is 20.0. The van der Waals surface area contributed by atoms with Crippen LogP contribution in [-0.2, 0) is 47.7 Å². The molecule has 6 atom stereocenters. The molecule has 1 saturated carbocycles. The summed E-state index contributed by atoms with van der Waals surface area (Å²) in [4.78, 5) is 59.6. The van der Waals surface area contributed by atoms with E-state index < -0.39 is 66.9 Å². The molecule has 0 radical (unpaired) electrons. The minimum atomic E-state index is -1.43.